The molecular formula is C16H11N3O. The van der Waals surface area contributed by atoms with Gasteiger partial charge < -0.3 is 4.57 Å². The maximum absolute atomic E-state index is 11.7. The van der Waals surface area contributed by atoms with Gasteiger partial charge in [0, 0.05) is 24.2 Å². The van der Waals surface area contributed by atoms with Crippen molar-refractivity contribution in [2.45, 2.75) is 0 Å². The van der Waals surface area contributed by atoms with Crippen LogP contribution in [0.15, 0.2) is 53.5 Å². The summed E-state index contributed by atoms with van der Waals surface area (Å²) in [4.78, 5) is 16.3. The standard InChI is InChI=1S/C16H11N3O/c1-19-10-13(8-12(9-17)16(19)20)15-7-6-11-4-2-3-5-14(11)18-15/h2-8,10H,1H3. The Morgan fingerprint density at radius 2 is 2.00 bits per heavy atom. The number of para-hydroxylation sites is 1. The Hall–Kier alpha value is -2.93. The van der Waals surface area contributed by atoms with Crippen molar-refractivity contribution in [2.75, 3.05) is 0 Å². The second kappa shape index (κ2) is 4.63. The van der Waals surface area contributed by atoms with Gasteiger partial charge in [-0.2, -0.15) is 5.26 Å². The molecule has 1 aromatic carbocycles. The molecule has 0 aliphatic carbocycles. The quantitative estimate of drug-likeness (QED) is 0.676. The summed E-state index contributed by atoms with van der Waals surface area (Å²) in [6.45, 7) is 0. The van der Waals surface area contributed by atoms with E-state index in [0.717, 1.165) is 22.2 Å². The number of fused-ring (bicyclic) bond motifs is 1. The van der Waals surface area contributed by atoms with E-state index in [2.05, 4.69) is 4.98 Å². The number of nitrogens with zero attached hydrogens (tertiary/aromatic N) is 3. The first-order chi connectivity index (χ1) is 9.69. The Morgan fingerprint density at radius 1 is 1.20 bits per heavy atom. The molecule has 20 heavy (non-hydrogen) atoms. The minimum Gasteiger partial charge on any atom is -0.317 e. The number of pyridine rings is 2. The van der Waals surface area contributed by atoms with Crippen molar-refractivity contribution in [2.24, 2.45) is 7.05 Å². The summed E-state index contributed by atoms with van der Waals surface area (Å²) < 4.78 is 1.41. The van der Waals surface area contributed by atoms with Crippen molar-refractivity contribution in [1.29, 1.82) is 5.26 Å². The summed E-state index contributed by atoms with van der Waals surface area (Å²) in [5.74, 6) is 0. The number of hydrogen-bond donors (Lipinski definition) is 0. The SMILES string of the molecule is Cn1cc(-c2ccc3ccccc3n2)cc(C#N)c1=O. The highest BCUT2D eigenvalue weighted by molar-refractivity contribution is 5.81. The minimum absolute atomic E-state index is 0.125. The number of hydrogen-bond acceptors (Lipinski definition) is 3. The molecule has 0 saturated heterocycles. The van der Waals surface area contributed by atoms with Gasteiger partial charge in [0.25, 0.3) is 5.56 Å². The minimum atomic E-state index is -0.294. The van der Waals surface area contributed by atoms with Crippen LogP contribution in [0.5, 0.6) is 0 Å². The zero-order valence-electron chi connectivity index (χ0n) is 10.9. The fourth-order valence-corrected chi connectivity index (χ4v) is 2.16. The highest BCUT2D eigenvalue weighted by Gasteiger charge is 2.07. The molecule has 4 heteroatoms. The van der Waals surface area contributed by atoms with Crippen molar-refractivity contribution in [1.82, 2.24) is 9.55 Å². The van der Waals surface area contributed by atoms with Gasteiger partial charge in [-0.05, 0) is 18.2 Å². The molecule has 4 nitrogen and oxygen atoms in total. The first-order valence-corrected chi connectivity index (χ1v) is 6.16. The monoisotopic (exact) mass is 261 g/mol. The van der Waals surface area contributed by atoms with Crippen LogP contribution in [0.2, 0.25) is 0 Å². The van der Waals surface area contributed by atoms with Crippen molar-refractivity contribution in [3.63, 3.8) is 0 Å². The normalized spacial score (nSPS) is 10.4. The van der Waals surface area contributed by atoms with Gasteiger partial charge in [-0.3, -0.25) is 4.79 Å². The van der Waals surface area contributed by atoms with Crippen molar-refractivity contribution >= 4 is 10.9 Å². The third kappa shape index (κ3) is 1.95. The lowest BCUT2D eigenvalue weighted by Crippen LogP contribution is -2.19. The Labute approximate surface area is 115 Å². The van der Waals surface area contributed by atoms with E-state index in [1.54, 1.807) is 19.3 Å². The number of nitriles is 1. The summed E-state index contributed by atoms with van der Waals surface area (Å²) in [7, 11) is 1.63. The lowest BCUT2D eigenvalue weighted by atomic mass is 10.1. The van der Waals surface area contributed by atoms with E-state index in [1.165, 1.54) is 4.57 Å². The summed E-state index contributed by atoms with van der Waals surface area (Å²) in [5, 5.41) is 10.1. The van der Waals surface area contributed by atoms with Crippen LogP contribution in [-0.2, 0) is 7.05 Å². The Kier molecular flexibility index (Phi) is 2.81. The molecule has 3 rings (SSSR count). The van der Waals surface area contributed by atoms with E-state index in [9.17, 15) is 4.79 Å². The van der Waals surface area contributed by atoms with Gasteiger partial charge in [0.05, 0.1) is 11.2 Å². The lowest BCUT2D eigenvalue weighted by Gasteiger charge is -2.06. The maximum Gasteiger partial charge on any atom is 0.268 e. The van der Waals surface area contributed by atoms with E-state index in [1.807, 2.05) is 42.5 Å². The molecule has 0 spiro atoms. The van der Waals surface area contributed by atoms with Gasteiger partial charge >= 0.3 is 0 Å². The predicted molar refractivity (Wildman–Crippen MR) is 77.1 cm³/mol. The Morgan fingerprint density at radius 3 is 2.80 bits per heavy atom. The van der Waals surface area contributed by atoms with Crippen LogP contribution < -0.4 is 5.56 Å². The number of aromatic nitrogens is 2. The second-order valence-corrected chi connectivity index (χ2v) is 4.56. The number of rotatable bonds is 1. The third-order valence-corrected chi connectivity index (χ3v) is 3.20. The summed E-state index contributed by atoms with van der Waals surface area (Å²) in [5.41, 5.74) is 2.22. The zero-order chi connectivity index (χ0) is 14.1. The third-order valence-electron chi connectivity index (χ3n) is 3.20. The molecule has 0 saturated carbocycles. The fourth-order valence-electron chi connectivity index (χ4n) is 2.16. The highest BCUT2D eigenvalue weighted by atomic mass is 16.1. The van der Waals surface area contributed by atoms with Crippen LogP contribution in [0.3, 0.4) is 0 Å². The van der Waals surface area contributed by atoms with Crippen molar-refractivity contribution < 1.29 is 0 Å². The van der Waals surface area contributed by atoms with Gasteiger partial charge in [-0.25, -0.2) is 4.98 Å². The van der Waals surface area contributed by atoms with Crippen LogP contribution in [0.1, 0.15) is 5.56 Å². The van der Waals surface area contributed by atoms with Gasteiger partial charge in [0.15, 0.2) is 0 Å². The van der Waals surface area contributed by atoms with E-state index in [-0.39, 0.29) is 11.1 Å². The molecule has 0 amide bonds. The van der Waals surface area contributed by atoms with Gasteiger partial charge in [0.1, 0.15) is 11.6 Å². The first-order valence-electron chi connectivity index (χ1n) is 6.16. The van der Waals surface area contributed by atoms with Crippen molar-refractivity contribution in [3.8, 4) is 17.3 Å². The van der Waals surface area contributed by atoms with E-state index >= 15 is 0 Å². The molecule has 0 N–H and O–H groups in total. The average Bonchev–Trinajstić information content (AvgIpc) is 2.49. The van der Waals surface area contributed by atoms with Crippen LogP contribution in [0.4, 0.5) is 0 Å². The van der Waals surface area contributed by atoms with E-state index < -0.39 is 0 Å². The Balaban J connectivity index is 2.23. The van der Waals surface area contributed by atoms with Crippen LogP contribution >= 0.6 is 0 Å². The topological polar surface area (TPSA) is 58.7 Å². The molecule has 0 radical (unpaired) electrons. The first kappa shape index (κ1) is 12.1. The largest absolute Gasteiger partial charge is 0.317 e. The van der Waals surface area contributed by atoms with Gasteiger partial charge in [-0.1, -0.05) is 24.3 Å². The van der Waals surface area contributed by atoms with Crippen molar-refractivity contribution in [3.05, 3.63) is 64.6 Å². The van der Waals surface area contributed by atoms with E-state index in [0.29, 0.717) is 0 Å². The molecular weight excluding hydrogens is 250 g/mol. The molecule has 2 heterocycles. The molecule has 0 bridgehead atoms. The van der Waals surface area contributed by atoms with Gasteiger partial charge in [0.2, 0.25) is 0 Å². The molecule has 2 aromatic heterocycles. The maximum atomic E-state index is 11.7. The highest BCUT2D eigenvalue weighted by Crippen LogP contribution is 2.20. The molecule has 0 atom stereocenters. The average molecular weight is 261 g/mol. The number of aryl methyl sites for hydroxylation is 1. The van der Waals surface area contributed by atoms with E-state index in [4.69, 9.17) is 5.26 Å². The van der Waals surface area contributed by atoms with Crippen LogP contribution in [-0.4, -0.2) is 9.55 Å². The molecule has 96 valence electrons. The smallest absolute Gasteiger partial charge is 0.268 e. The van der Waals surface area contributed by atoms with Gasteiger partial charge in [-0.15, -0.1) is 0 Å². The van der Waals surface area contributed by atoms with Crippen LogP contribution in [0.25, 0.3) is 22.2 Å². The summed E-state index contributed by atoms with van der Waals surface area (Å²) >= 11 is 0. The zero-order valence-corrected chi connectivity index (χ0v) is 10.9. The second-order valence-electron chi connectivity index (χ2n) is 4.56. The molecule has 3 aromatic rings. The molecule has 0 aliphatic heterocycles. The summed E-state index contributed by atoms with van der Waals surface area (Å²) in [6, 6.07) is 15.2. The predicted octanol–water partition coefficient (Wildman–Crippen LogP) is 2.47. The summed E-state index contributed by atoms with van der Waals surface area (Å²) in [6.07, 6.45) is 1.69. The van der Waals surface area contributed by atoms with Crippen LogP contribution in [0, 0.1) is 11.3 Å². The molecule has 0 fully saturated rings. The molecule has 0 aliphatic rings. The lowest BCUT2D eigenvalue weighted by molar-refractivity contribution is 0.857. The fraction of sp³-hybridized carbons (Fsp3) is 0.0625. The number of benzene rings is 1. The molecule has 0 unspecified atom stereocenters. The Bertz CT molecular complexity index is 903.